The number of piperidine rings is 1. The number of carbonyl (C=O) groups is 1. The molecule has 1 aliphatic rings. The standard InChI is InChI=1S/C21H24FN3OS/c1-2-15-6-8-16(9-7-15)20(26)24-21(27)23-17-10-11-19(18(22)14-17)25-12-4-3-5-13-25/h6-11,14H,2-5,12-13H2,1H3,(H2,23,24,26,27). The highest BCUT2D eigenvalue weighted by Crippen LogP contribution is 2.25. The van der Waals surface area contributed by atoms with Crippen LogP contribution >= 0.6 is 12.2 Å². The van der Waals surface area contributed by atoms with Crippen molar-refractivity contribution in [2.45, 2.75) is 32.6 Å². The average Bonchev–Trinajstić information content (AvgIpc) is 2.68. The Hall–Kier alpha value is -2.47. The van der Waals surface area contributed by atoms with E-state index in [0.717, 1.165) is 37.9 Å². The van der Waals surface area contributed by atoms with Crippen molar-refractivity contribution in [3.8, 4) is 0 Å². The zero-order valence-electron chi connectivity index (χ0n) is 15.4. The number of rotatable bonds is 4. The maximum atomic E-state index is 14.5. The number of thiocarbonyl (C=S) groups is 1. The lowest BCUT2D eigenvalue weighted by Crippen LogP contribution is -2.34. The highest BCUT2D eigenvalue weighted by Gasteiger charge is 2.15. The van der Waals surface area contributed by atoms with Gasteiger partial charge in [0.05, 0.1) is 5.69 Å². The summed E-state index contributed by atoms with van der Waals surface area (Å²) in [6.45, 7) is 3.83. The summed E-state index contributed by atoms with van der Waals surface area (Å²) in [6.07, 6.45) is 4.30. The number of aryl methyl sites for hydroxylation is 1. The lowest BCUT2D eigenvalue weighted by atomic mass is 10.1. The predicted molar refractivity (Wildman–Crippen MR) is 112 cm³/mol. The van der Waals surface area contributed by atoms with Crippen molar-refractivity contribution in [2.24, 2.45) is 0 Å². The number of carbonyl (C=O) groups excluding carboxylic acids is 1. The number of nitrogens with zero attached hydrogens (tertiary/aromatic N) is 1. The Morgan fingerprint density at radius 2 is 1.81 bits per heavy atom. The topological polar surface area (TPSA) is 44.4 Å². The molecule has 2 aromatic carbocycles. The lowest BCUT2D eigenvalue weighted by molar-refractivity contribution is 0.0977. The summed E-state index contributed by atoms with van der Waals surface area (Å²) in [6, 6.07) is 12.3. The van der Waals surface area contributed by atoms with Gasteiger partial charge in [-0.15, -0.1) is 0 Å². The summed E-state index contributed by atoms with van der Waals surface area (Å²) in [7, 11) is 0. The predicted octanol–water partition coefficient (Wildman–Crippen LogP) is 4.51. The van der Waals surface area contributed by atoms with E-state index in [1.807, 2.05) is 12.1 Å². The Morgan fingerprint density at radius 1 is 1.11 bits per heavy atom. The normalized spacial score (nSPS) is 13.9. The number of nitrogens with one attached hydrogen (secondary N) is 2. The van der Waals surface area contributed by atoms with Crippen LogP contribution in [0.4, 0.5) is 15.8 Å². The van der Waals surface area contributed by atoms with E-state index in [9.17, 15) is 9.18 Å². The van der Waals surface area contributed by atoms with Gasteiger partial charge in [-0.05, 0) is 73.8 Å². The second kappa shape index (κ2) is 8.95. The molecule has 0 radical (unpaired) electrons. The largest absolute Gasteiger partial charge is 0.369 e. The summed E-state index contributed by atoms with van der Waals surface area (Å²) in [5.74, 6) is -0.577. The molecule has 1 amide bonds. The number of halogens is 1. The summed E-state index contributed by atoms with van der Waals surface area (Å²) in [4.78, 5) is 14.3. The molecule has 0 aromatic heterocycles. The van der Waals surface area contributed by atoms with Gasteiger partial charge >= 0.3 is 0 Å². The van der Waals surface area contributed by atoms with Crippen molar-refractivity contribution in [1.82, 2.24) is 5.32 Å². The van der Waals surface area contributed by atoms with Gasteiger partial charge < -0.3 is 10.2 Å². The van der Waals surface area contributed by atoms with E-state index in [1.165, 1.54) is 12.5 Å². The third-order valence-electron chi connectivity index (χ3n) is 4.75. The molecule has 0 unspecified atom stereocenters. The molecule has 2 N–H and O–H groups in total. The van der Waals surface area contributed by atoms with Crippen LogP contribution in [-0.4, -0.2) is 24.1 Å². The minimum atomic E-state index is -0.291. The lowest BCUT2D eigenvalue weighted by Gasteiger charge is -2.29. The fourth-order valence-corrected chi connectivity index (χ4v) is 3.42. The van der Waals surface area contributed by atoms with Gasteiger partial charge in [-0.3, -0.25) is 10.1 Å². The quantitative estimate of drug-likeness (QED) is 0.761. The van der Waals surface area contributed by atoms with Crippen LogP contribution < -0.4 is 15.5 Å². The molecule has 3 rings (SSSR count). The number of anilines is 2. The molecule has 6 heteroatoms. The van der Waals surface area contributed by atoms with Crippen LogP contribution in [0.2, 0.25) is 0 Å². The van der Waals surface area contributed by atoms with E-state index in [1.54, 1.807) is 24.3 Å². The Morgan fingerprint density at radius 3 is 2.44 bits per heavy atom. The highest BCUT2D eigenvalue weighted by atomic mass is 32.1. The second-order valence-corrected chi connectivity index (χ2v) is 7.08. The first kappa shape index (κ1) is 19.3. The molecule has 27 heavy (non-hydrogen) atoms. The average molecular weight is 386 g/mol. The van der Waals surface area contributed by atoms with E-state index < -0.39 is 0 Å². The molecule has 1 saturated heterocycles. The third kappa shape index (κ3) is 5.04. The number of hydrogen-bond donors (Lipinski definition) is 2. The van der Waals surface area contributed by atoms with Gasteiger partial charge in [-0.1, -0.05) is 19.1 Å². The van der Waals surface area contributed by atoms with Crippen molar-refractivity contribution >= 4 is 34.6 Å². The number of hydrogen-bond acceptors (Lipinski definition) is 3. The van der Waals surface area contributed by atoms with Gasteiger partial charge in [0.15, 0.2) is 5.11 Å². The Kier molecular flexibility index (Phi) is 6.40. The van der Waals surface area contributed by atoms with Crippen LogP contribution in [-0.2, 0) is 6.42 Å². The maximum absolute atomic E-state index is 14.5. The first-order valence-electron chi connectivity index (χ1n) is 9.32. The van der Waals surface area contributed by atoms with Gasteiger partial charge in [0.1, 0.15) is 5.82 Å². The molecule has 0 atom stereocenters. The molecule has 2 aromatic rings. The molecule has 0 spiro atoms. The zero-order valence-corrected chi connectivity index (χ0v) is 16.2. The number of amides is 1. The smallest absolute Gasteiger partial charge is 0.257 e. The molecule has 0 bridgehead atoms. The molecule has 0 saturated carbocycles. The minimum Gasteiger partial charge on any atom is -0.369 e. The zero-order chi connectivity index (χ0) is 19.2. The molecular weight excluding hydrogens is 361 g/mol. The van der Waals surface area contributed by atoms with Crippen molar-refractivity contribution in [3.63, 3.8) is 0 Å². The summed E-state index contributed by atoms with van der Waals surface area (Å²) < 4.78 is 14.5. The summed E-state index contributed by atoms with van der Waals surface area (Å²) in [5.41, 5.74) is 2.82. The van der Waals surface area contributed by atoms with Gasteiger partial charge in [-0.25, -0.2) is 4.39 Å². The van der Waals surface area contributed by atoms with Crippen LogP contribution in [0.25, 0.3) is 0 Å². The van der Waals surface area contributed by atoms with Crippen molar-refractivity contribution < 1.29 is 9.18 Å². The highest BCUT2D eigenvalue weighted by molar-refractivity contribution is 7.80. The molecule has 142 valence electrons. The van der Waals surface area contributed by atoms with Gasteiger partial charge in [-0.2, -0.15) is 0 Å². The van der Waals surface area contributed by atoms with Gasteiger partial charge in [0.2, 0.25) is 0 Å². The first-order chi connectivity index (χ1) is 13.1. The third-order valence-corrected chi connectivity index (χ3v) is 4.96. The van der Waals surface area contributed by atoms with Crippen LogP contribution in [0, 0.1) is 5.82 Å². The monoisotopic (exact) mass is 385 g/mol. The van der Waals surface area contributed by atoms with E-state index in [0.29, 0.717) is 16.9 Å². The van der Waals surface area contributed by atoms with Crippen molar-refractivity contribution in [3.05, 3.63) is 59.4 Å². The van der Waals surface area contributed by atoms with Crippen LogP contribution in [0.15, 0.2) is 42.5 Å². The maximum Gasteiger partial charge on any atom is 0.257 e. The van der Waals surface area contributed by atoms with Crippen LogP contribution in [0.5, 0.6) is 0 Å². The Balaban J connectivity index is 1.59. The van der Waals surface area contributed by atoms with Gasteiger partial charge in [0.25, 0.3) is 5.91 Å². The molecule has 0 aliphatic carbocycles. The fourth-order valence-electron chi connectivity index (χ4n) is 3.21. The Bertz CT molecular complexity index is 817. The van der Waals surface area contributed by atoms with Crippen molar-refractivity contribution in [2.75, 3.05) is 23.3 Å². The fraction of sp³-hybridized carbons (Fsp3) is 0.333. The molecule has 1 aliphatic heterocycles. The number of benzene rings is 2. The van der Waals surface area contributed by atoms with E-state index in [-0.39, 0.29) is 16.8 Å². The second-order valence-electron chi connectivity index (χ2n) is 6.67. The molecular formula is C21H24FN3OS. The molecule has 1 fully saturated rings. The van der Waals surface area contributed by atoms with E-state index in [4.69, 9.17) is 12.2 Å². The van der Waals surface area contributed by atoms with Gasteiger partial charge in [0, 0.05) is 24.3 Å². The van der Waals surface area contributed by atoms with Crippen molar-refractivity contribution in [1.29, 1.82) is 0 Å². The van der Waals surface area contributed by atoms with Crippen LogP contribution in [0.3, 0.4) is 0 Å². The minimum absolute atomic E-state index is 0.143. The Labute approximate surface area is 164 Å². The molecule has 4 nitrogen and oxygen atoms in total. The van der Waals surface area contributed by atoms with E-state index >= 15 is 0 Å². The summed E-state index contributed by atoms with van der Waals surface area (Å²) in [5, 5.41) is 5.65. The summed E-state index contributed by atoms with van der Waals surface area (Å²) >= 11 is 5.19. The SMILES string of the molecule is CCc1ccc(C(=O)NC(=S)Nc2ccc(N3CCCCC3)c(F)c2)cc1. The first-order valence-corrected chi connectivity index (χ1v) is 9.73. The van der Waals surface area contributed by atoms with Crippen LogP contribution in [0.1, 0.15) is 42.1 Å². The molecule has 1 heterocycles. The van der Waals surface area contributed by atoms with E-state index in [2.05, 4.69) is 22.5 Å².